The molecular formula is C17H23NO2. The summed E-state index contributed by atoms with van der Waals surface area (Å²) in [5.41, 5.74) is 1.82. The summed E-state index contributed by atoms with van der Waals surface area (Å²) >= 11 is 0. The van der Waals surface area contributed by atoms with Gasteiger partial charge >= 0.3 is 0 Å². The summed E-state index contributed by atoms with van der Waals surface area (Å²) in [7, 11) is 2.29. The van der Waals surface area contributed by atoms with E-state index in [0.717, 1.165) is 11.5 Å². The van der Waals surface area contributed by atoms with Crippen LogP contribution in [0.25, 0.3) is 0 Å². The normalized spacial score (nSPS) is 33.0. The second kappa shape index (κ2) is 4.66. The Labute approximate surface area is 120 Å². The molecule has 2 heterocycles. The fourth-order valence-electron chi connectivity index (χ4n) is 4.52. The highest BCUT2D eigenvalue weighted by Gasteiger charge is 2.48. The Hall–Kier alpha value is -1.22. The van der Waals surface area contributed by atoms with E-state index >= 15 is 0 Å². The highest BCUT2D eigenvalue weighted by atomic mass is 16.6. The lowest BCUT2D eigenvalue weighted by Gasteiger charge is -2.42. The zero-order chi connectivity index (χ0) is 13.6. The van der Waals surface area contributed by atoms with Crippen LogP contribution >= 0.6 is 0 Å². The first-order valence-electron chi connectivity index (χ1n) is 7.90. The standard InChI is InChI=1S/C17H23NO2/c1-18-9-8-17(7-3-2-4-16(17)18)13-5-6-14-15(12-13)20-11-10-19-14/h5-6,12,16H,2-4,7-11H2,1H3/t16-,17-/m1/s1. The van der Waals surface area contributed by atoms with E-state index in [4.69, 9.17) is 9.47 Å². The van der Waals surface area contributed by atoms with Gasteiger partial charge in [0, 0.05) is 11.5 Å². The van der Waals surface area contributed by atoms with Crippen molar-refractivity contribution in [2.45, 2.75) is 43.6 Å². The Kier molecular flexibility index (Phi) is 2.92. The molecule has 1 aromatic rings. The first kappa shape index (κ1) is 12.5. The molecule has 2 fully saturated rings. The van der Waals surface area contributed by atoms with E-state index in [-0.39, 0.29) is 0 Å². The van der Waals surface area contributed by atoms with Crippen LogP contribution in [-0.4, -0.2) is 37.7 Å². The van der Waals surface area contributed by atoms with E-state index in [9.17, 15) is 0 Å². The van der Waals surface area contributed by atoms with Gasteiger partial charge in [0.25, 0.3) is 0 Å². The first-order valence-corrected chi connectivity index (χ1v) is 7.90. The predicted octanol–water partition coefficient (Wildman–Crippen LogP) is 2.97. The highest BCUT2D eigenvalue weighted by molar-refractivity contribution is 5.47. The molecule has 3 heteroatoms. The number of rotatable bonds is 1. The summed E-state index contributed by atoms with van der Waals surface area (Å²) in [6.45, 7) is 2.56. The molecule has 1 saturated carbocycles. The van der Waals surface area contributed by atoms with Gasteiger partial charge in [-0.25, -0.2) is 0 Å². The van der Waals surface area contributed by atoms with Crippen molar-refractivity contribution in [3.63, 3.8) is 0 Å². The van der Waals surface area contributed by atoms with Gasteiger partial charge in [0.2, 0.25) is 0 Å². The number of likely N-dealkylation sites (N-methyl/N-ethyl adjacent to an activating group) is 1. The van der Waals surface area contributed by atoms with Crippen molar-refractivity contribution in [3.8, 4) is 11.5 Å². The lowest BCUT2D eigenvalue weighted by Crippen LogP contribution is -2.43. The zero-order valence-corrected chi connectivity index (χ0v) is 12.2. The summed E-state index contributed by atoms with van der Waals surface area (Å²) in [5, 5.41) is 0. The van der Waals surface area contributed by atoms with Gasteiger partial charge in [0.15, 0.2) is 11.5 Å². The van der Waals surface area contributed by atoms with Crippen LogP contribution in [-0.2, 0) is 5.41 Å². The Morgan fingerprint density at radius 3 is 2.85 bits per heavy atom. The Balaban J connectivity index is 1.75. The molecule has 0 unspecified atom stereocenters. The van der Waals surface area contributed by atoms with Crippen molar-refractivity contribution < 1.29 is 9.47 Å². The van der Waals surface area contributed by atoms with Crippen molar-refractivity contribution in [2.75, 3.05) is 26.8 Å². The van der Waals surface area contributed by atoms with Crippen molar-refractivity contribution in [1.82, 2.24) is 4.90 Å². The van der Waals surface area contributed by atoms with E-state index in [0.29, 0.717) is 24.7 Å². The van der Waals surface area contributed by atoms with Crippen molar-refractivity contribution in [3.05, 3.63) is 23.8 Å². The minimum absolute atomic E-state index is 0.350. The number of likely N-dealkylation sites (tertiary alicyclic amines) is 1. The van der Waals surface area contributed by atoms with Crippen LogP contribution in [0.1, 0.15) is 37.7 Å². The maximum absolute atomic E-state index is 5.79. The van der Waals surface area contributed by atoms with E-state index in [1.807, 2.05) is 0 Å². The fourth-order valence-corrected chi connectivity index (χ4v) is 4.52. The molecule has 3 aliphatic rings. The average Bonchev–Trinajstić information content (AvgIpc) is 2.86. The van der Waals surface area contributed by atoms with Crippen LogP contribution in [0.5, 0.6) is 11.5 Å². The zero-order valence-electron chi connectivity index (χ0n) is 12.2. The Morgan fingerprint density at radius 2 is 1.95 bits per heavy atom. The largest absolute Gasteiger partial charge is 0.486 e. The minimum atomic E-state index is 0.350. The van der Waals surface area contributed by atoms with Crippen molar-refractivity contribution in [2.24, 2.45) is 0 Å². The van der Waals surface area contributed by atoms with Gasteiger partial charge in [-0.05, 0) is 50.6 Å². The lowest BCUT2D eigenvalue weighted by atomic mass is 9.66. The molecule has 1 aliphatic carbocycles. The quantitative estimate of drug-likeness (QED) is 0.785. The molecule has 3 nitrogen and oxygen atoms in total. The fraction of sp³-hybridized carbons (Fsp3) is 0.647. The third kappa shape index (κ3) is 1.76. The number of nitrogens with zero attached hydrogens (tertiary/aromatic N) is 1. The SMILES string of the molecule is CN1CC[C@@]2(c3ccc4c(c3)OCCO4)CCCC[C@@H]12. The van der Waals surface area contributed by atoms with Gasteiger partial charge in [-0.3, -0.25) is 0 Å². The summed E-state index contributed by atoms with van der Waals surface area (Å²) in [4.78, 5) is 2.57. The Morgan fingerprint density at radius 1 is 1.10 bits per heavy atom. The van der Waals surface area contributed by atoms with Gasteiger partial charge in [-0.15, -0.1) is 0 Å². The Bertz CT molecular complexity index is 512. The first-order chi connectivity index (χ1) is 9.79. The molecule has 0 amide bonds. The molecule has 0 radical (unpaired) electrons. The number of hydrogen-bond acceptors (Lipinski definition) is 3. The molecule has 0 spiro atoms. The molecule has 0 N–H and O–H groups in total. The molecule has 2 atom stereocenters. The minimum Gasteiger partial charge on any atom is -0.486 e. The maximum atomic E-state index is 5.79. The monoisotopic (exact) mass is 273 g/mol. The van der Waals surface area contributed by atoms with Crippen LogP contribution in [0.3, 0.4) is 0 Å². The van der Waals surface area contributed by atoms with E-state index < -0.39 is 0 Å². The van der Waals surface area contributed by atoms with Crippen LogP contribution in [0.2, 0.25) is 0 Å². The topological polar surface area (TPSA) is 21.7 Å². The van der Waals surface area contributed by atoms with E-state index in [1.54, 1.807) is 0 Å². The second-order valence-corrected chi connectivity index (χ2v) is 6.51. The molecule has 1 saturated heterocycles. The molecule has 4 rings (SSSR count). The second-order valence-electron chi connectivity index (χ2n) is 6.51. The maximum Gasteiger partial charge on any atom is 0.161 e. The lowest BCUT2D eigenvalue weighted by molar-refractivity contribution is 0.167. The highest BCUT2D eigenvalue weighted by Crippen LogP contribution is 2.49. The van der Waals surface area contributed by atoms with Gasteiger partial charge in [-0.2, -0.15) is 0 Å². The molecule has 1 aromatic carbocycles. The van der Waals surface area contributed by atoms with E-state index in [2.05, 4.69) is 30.1 Å². The van der Waals surface area contributed by atoms with Gasteiger partial charge in [-0.1, -0.05) is 18.9 Å². The number of fused-ring (bicyclic) bond motifs is 2. The van der Waals surface area contributed by atoms with Crippen LogP contribution < -0.4 is 9.47 Å². The van der Waals surface area contributed by atoms with Gasteiger partial charge in [0.05, 0.1) is 0 Å². The number of hydrogen-bond donors (Lipinski definition) is 0. The van der Waals surface area contributed by atoms with Gasteiger partial charge < -0.3 is 14.4 Å². The van der Waals surface area contributed by atoms with E-state index in [1.165, 1.54) is 44.2 Å². The average molecular weight is 273 g/mol. The predicted molar refractivity (Wildman–Crippen MR) is 78.6 cm³/mol. The van der Waals surface area contributed by atoms with Crippen LogP contribution in [0.4, 0.5) is 0 Å². The van der Waals surface area contributed by atoms with Crippen molar-refractivity contribution >= 4 is 0 Å². The van der Waals surface area contributed by atoms with Crippen molar-refractivity contribution in [1.29, 1.82) is 0 Å². The number of ether oxygens (including phenoxy) is 2. The summed E-state index contributed by atoms with van der Waals surface area (Å²) in [6, 6.07) is 7.36. The smallest absolute Gasteiger partial charge is 0.161 e. The third-order valence-corrected chi connectivity index (χ3v) is 5.55. The molecule has 0 bridgehead atoms. The summed E-state index contributed by atoms with van der Waals surface area (Å²) in [5.74, 6) is 1.86. The van der Waals surface area contributed by atoms with Crippen LogP contribution in [0, 0.1) is 0 Å². The third-order valence-electron chi connectivity index (χ3n) is 5.55. The molecule has 20 heavy (non-hydrogen) atoms. The molecule has 2 aliphatic heterocycles. The summed E-state index contributed by atoms with van der Waals surface area (Å²) < 4.78 is 11.4. The molecule has 0 aromatic heterocycles. The number of benzene rings is 1. The molecule has 108 valence electrons. The molecular weight excluding hydrogens is 250 g/mol. The van der Waals surface area contributed by atoms with Gasteiger partial charge in [0.1, 0.15) is 13.2 Å². The summed E-state index contributed by atoms with van der Waals surface area (Å²) in [6.07, 6.45) is 6.68. The van der Waals surface area contributed by atoms with Crippen LogP contribution in [0.15, 0.2) is 18.2 Å².